The molecule has 0 aromatic heterocycles. The third-order valence-electron chi connectivity index (χ3n) is 4.50. The molecule has 1 aliphatic carbocycles. The smallest absolute Gasteiger partial charge is 0.220 e. The van der Waals surface area contributed by atoms with E-state index in [0.717, 1.165) is 10.0 Å². The van der Waals surface area contributed by atoms with E-state index >= 15 is 0 Å². The summed E-state index contributed by atoms with van der Waals surface area (Å²) in [4.78, 5) is 16.6. The van der Waals surface area contributed by atoms with Crippen molar-refractivity contribution in [3.8, 4) is 11.5 Å². The molecule has 1 aromatic rings. The molecule has 0 fully saturated rings. The van der Waals surface area contributed by atoms with Crippen LogP contribution in [0.5, 0.6) is 11.5 Å². The fourth-order valence-corrected chi connectivity index (χ4v) is 4.23. The summed E-state index contributed by atoms with van der Waals surface area (Å²) in [6.07, 6.45) is 5.62. The lowest BCUT2D eigenvalue weighted by Gasteiger charge is -2.29. The lowest BCUT2D eigenvalue weighted by atomic mass is 9.78. The third-order valence-corrected chi connectivity index (χ3v) is 6.12. The molecule has 1 aliphatic heterocycles. The van der Waals surface area contributed by atoms with Gasteiger partial charge in [-0.2, -0.15) is 0 Å². The molecule has 2 aliphatic rings. The average Bonchev–Trinajstić information content (AvgIpc) is 2.95. The molecule has 1 heterocycles. The zero-order valence-electron chi connectivity index (χ0n) is 15.0. The summed E-state index contributed by atoms with van der Waals surface area (Å²) in [5.74, 6) is 1.75. The Morgan fingerprint density at radius 1 is 1.15 bits per heavy atom. The van der Waals surface area contributed by atoms with Crippen molar-refractivity contribution in [2.24, 2.45) is 16.1 Å². The maximum Gasteiger partial charge on any atom is 0.220 e. The molecular formula is C19H18Br2N2O4. The summed E-state index contributed by atoms with van der Waals surface area (Å²) in [5.41, 5.74) is 6.90. The Balaban J connectivity index is 2.16. The highest BCUT2D eigenvalue weighted by Crippen LogP contribution is 2.51. The van der Waals surface area contributed by atoms with Crippen molar-refractivity contribution in [1.29, 1.82) is 0 Å². The molecule has 0 unspecified atom stereocenters. The van der Waals surface area contributed by atoms with Gasteiger partial charge in [-0.15, -0.1) is 0 Å². The highest BCUT2D eigenvalue weighted by atomic mass is 79.9. The number of ether oxygens (including phenoxy) is 3. The van der Waals surface area contributed by atoms with E-state index < -0.39 is 5.41 Å². The summed E-state index contributed by atoms with van der Waals surface area (Å²) < 4.78 is 17.5. The van der Waals surface area contributed by atoms with E-state index in [0.29, 0.717) is 33.9 Å². The van der Waals surface area contributed by atoms with Crippen LogP contribution in [0.2, 0.25) is 0 Å². The summed E-state index contributed by atoms with van der Waals surface area (Å²) in [6, 6.07) is 3.67. The molecule has 1 spiro atoms. The Kier molecular flexibility index (Phi) is 5.48. The van der Waals surface area contributed by atoms with E-state index in [2.05, 4.69) is 36.9 Å². The predicted molar refractivity (Wildman–Crippen MR) is 111 cm³/mol. The highest BCUT2D eigenvalue weighted by Gasteiger charge is 2.44. The number of rotatable bonds is 4. The van der Waals surface area contributed by atoms with Crippen LogP contribution in [0.4, 0.5) is 0 Å². The number of halogens is 2. The minimum Gasteiger partial charge on any atom is -0.493 e. The zero-order valence-corrected chi connectivity index (χ0v) is 18.2. The second-order valence-electron chi connectivity index (χ2n) is 6.08. The molecule has 2 N–H and O–H groups in total. The molecular weight excluding hydrogens is 480 g/mol. The fraction of sp³-hybridized carbons (Fsp3) is 0.263. The maximum atomic E-state index is 12.1. The third kappa shape index (κ3) is 3.43. The normalized spacial score (nSPS) is 23.2. The van der Waals surface area contributed by atoms with Gasteiger partial charge in [0.25, 0.3) is 0 Å². The Morgan fingerprint density at radius 2 is 1.81 bits per heavy atom. The Morgan fingerprint density at radius 3 is 2.44 bits per heavy atom. The number of nitrogens with two attached hydrogens (primary N) is 1. The van der Waals surface area contributed by atoms with Gasteiger partial charge in [0.05, 0.1) is 32.4 Å². The molecule has 27 heavy (non-hydrogen) atoms. The second kappa shape index (κ2) is 7.52. The van der Waals surface area contributed by atoms with Gasteiger partial charge in [0, 0.05) is 21.5 Å². The molecule has 6 nitrogen and oxygen atoms in total. The van der Waals surface area contributed by atoms with E-state index in [9.17, 15) is 4.79 Å². The molecule has 142 valence electrons. The van der Waals surface area contributed by atoms with Gasteiger partial charge in [0.2, 0.25) is 5.78 Å². The molecule has 3 rings (SSSR count). The van der Waals surface area contributed by atoms with E-state index in [1.165, 1.54) is 13.2 Å². The van der Waals surface area contributed by atoms with Gasteiger partial charge in [-0.25, -0.2) is 4.99 Å². The topological polar surface area (TPSA) is 83.1 Å². The molecule has 1 atom stereocenters. The summed E-state index contributed by atoms with van der Waals surface area (Å²) in [7, 11) is 4.63. The summed E-state index contributed by atoms with van der Waals surface area (Å²) >= 11 is 7.09. The Bertz CT molecular complexity index is 934. The molecule has 8 heteroatoms. The van der Waals surface area contributed by atoms with E-state index in [-0.39, 0.29) is 11.5 Å². The highest BCUT2D eigenvalue weighted by molar-refractivity contribution is 9.11. The number of aliphatic imine (C=N–C) groups is 1. The van der Waals surface area contributed by atoms with Crippen LogP contribution in [0.1, 0.15) is 12.0 Å². The van der Waals surface area contributed by atoms with Gasteiger partial charge in [-0.05, 0) is 29.8 Å². The first-order valence-corrected chi connectivity index (χ1v) is 9.58. The number of hydrogen-bond donors (Lipinski definition) is 1. The zero-order chi connectivity index (χ0) is 19.8. The predicted octanol–water partition coefficient (Wildman–Crippen LogP) is 3.95. The van der Waals surface area contributed by atoms with Gasteiger partial charge >= 0.3 is 0 Å². The second-order valence-corrected chi connectivity index (χ2v) is 7.79. The van der Waals surface area contributed by atoms with Crippen LogP contribution in [0, 0.1) is 5.41 Å². The number of allylic oxidation sites excluding steroid dienone is 2. The fourth-order valence-electron chi connectivity index (χ4n) is 3.13. The quantitative estimate of drug-likeness (QED) is 0.681. The van der Waals surface area contributed by atoms with Crippen LogP contribution in [0.25, 0.3) is 6.08 Å². The summed E-state index contributed by atoms with van der Waals surface area (Å²) in [6.45, 7) is 0. The van der Waals surface area contributed by atoms with E-state index in [1.54, 1.807) is 20.3 Å². The average molecular weight is 498 g/mol. The number of amidine groups is 1. The number of benzene rings is 1. The Labute approximate surface area is 174 Å². The van der Waals surface area contributed by atoms with Gasteiger partial charge in [0.15, 0.2) is 17.3 Å². The first-order chi connectivity index (χ1) is 12.8. The Hall–Kier alpha value is -2.06. The first kappa shape index (κ1) is 19.7. The standard InChI is InChI=1S/C19H18Br2N2O4/c1-25-13-4-10(11(20)6-14(13)26-2)5-17-19(9-18(22)23-17)8-15(27-3)12(24)7-16(19)21/h4-8H,9H2,1-3H3,(H2,22,23)/t19-/m1/s1. The molecule has 0 saturated carbocycles. The van der Waals surface area contributed by atoms with Crippen LogP contribution in [0.15, 0.2) is 49.7 Å². The van der Waals surface area contributed by atoms with Crippen molar-refractivity contribution in [2.45, 2.75) is 6.42 Å². The van der Waals surface area contributed by atoms with Gasteiger partial charge in [-0.3, -0.25) is 4.79 Å². The van der Waals surface area contributed by atoms with Crippen LogP contribution < -0.4 is 15.2 Å². The number of carbonyl (C=O) groups excluding carboxylic acids is 1. The van der Waals surface area contributed by atoms with E-state index in [4.69, 9.17) is 19.9 Å². The number of carbonyl (C=O) groups is 1. The molecule has 0 amide bonds. The van der Waals surface area contributed by atoms with Crippen LogP contribution in [0.3, 0.4) is 0 Å². The number of nitrogens with zero attached hydrogens (tertiary/aromatic N) is 1. The van der Waals surface area contributed by atoms with Crippen molar-refractivity contribution in [2.75, 3.05) is 21.3 Å². The van der Waals surface area contributed by atoms with E-state index in [1.807, 2.05) is 18.2 Å². The van der Waals surface area contributed by atoms with Crippen molar-refractivity contribution in [3.63, 3.8) is 0 Å². The molecule has 1 aromatic carbocycles. The monoisotopic (exact) mass is 496 g/mol. The molecule has 0 radical (unpaired) electrons. The minimum atomic E-state index is -0.685. The van der Waals surface area contributed by atoms with Gasteiger partial charge in [-0.1, -0.05) is 31.9 Å². The van der Waals surface area contributed by atoms with Crippen molar-refractivity contribution in [3.05, 3.63) is 50.3 Å². The van der Waals surface area contributed by atoms with Crippen LogP contribution >= 0.6 is 31.9 Å². The lowest BCUT2D eigenvalue weighted by molar-refractivity contribution is -0.114. The SMILES string of the molecule is COC1=C[C@@]2(CC(N)=NC2=Cc2cc(OC)c(OC)cc2Br)C(Br)=CC1=O. The van der Waals surface area contributed by atoms with Crippen molar-refractivity contribution in [1.82, 2.24) is 0 Å². The minimum absolute atomic E-state index is 0.202. The number of ketones is 1. The number of methoxy groups -OCH3 is 3. The summed E-state index contributed by atoms with van der Waals surface area (Å²) in [5, 5.41) is 0. The molecule has 0 bridgehead atoms. The van der Waals surface area contributed by atoms with Crippen LogP contribution in [-0.2, 0) is 9.53 Å². The lowest BCUT2D eigenvalue weighted by Crippen LogP contribution is -2.26. The largest absolute Gasteiger partial charge is 0.493 e. The van der Waals surface area contributed by atoms with Gasteiger partial charge in [0.1, 0.15) is 5.84 Å². The van der Waals surface area contributed by atoms with Crippen LogP contribution in [-0.4, -0.2) is 32.9 Å². The maximum absolute atomic E-state index is 12.1. The van der Waals surface area contributed by atoms with Crippen molar-refractivity contribution >= 4 is 49.6 Å². The number of hydrogen-bond acceptors (Lipinski definition) is 6. The first-order valence-electron chi connectivity index (χ1n) is 8.00. The van der Waals surface area contributed by atoms with Gasteiger partial charge < -0.3 is 19.9 Å². The van der Waals surface area contributed by atoms with Crippen molar-refractivity contribution < 1.29 is 19.0 Å². The molecule has 0 saturated heterocycles.